The molecule has 27 heavy (non-hydrogen) atoms. The number of morpholine rings is 1. The number of benzene rings is 2. The zero-order valence-electron chi connectivity index (χ0n) is 15.6. The van der Waals surface area contributed by atoms with E-state index in [-0.39, 0.29) is 0 Å². The van der Waals surface area contributed by atoms with Gasteiger partial charge in [-0.2, -0.15) is 0 Å². The van der Waals surface area contributed by atoms with E-state index in [1.54, 1.807) is 18.9 Å². The molecule has 1 aliphatic rings. The highest BCUT2D eigenvalue weighted by molar-refractivity contribution is 8.00. The van der Waals surface area contributed by atoms with Crippen molar-refractivity contribution < 1.29 is 14.2 Å². The first kappa shape index (κ1) is 20.5. The molecule has 1 fully saturated rings. The molecular weight excluding hydrogens is 405 g/mol. The predicted molar refractivity (Wildman–Crippen MR) is 114 cm³/mol. The van der Waals surface area contributed by atoms with Crippen LogP contribution in [0.3, 0.4) is 0 Å². The maximum atomic E-state index is 6.49. The van der Waals surface area contributed by atoms with Gasteiger partial charge in [-0.15, -0.1) is 11.8 Å². The van der Waals surface area contributed by atoms with Crippen molar-refractivity contribution in [2.75, 3.05) is 38.3 Å². The van der Waals surface area contributed by atoms with Gasteiger partial charge in [0.15, 0.2) is 5.75 Å². The van der Waals surface area contributed by atoms with Gasteiger partial charge in [0.05, 0.1) is 35.3 Å². The van der Waals surface area contributed by atoms with Gasteiger partial charge in [0.1, 0.15) is 11.5 Å². The van der Waals surface area contributed by atoms with Gasteiger partial charge in [-0.05, 0) is 30.3 Å². The first-order chi connectivity index (χ1) is 13.0. The molecule has 0 aromatic heterocycles. The Morgan fingerprint density at radius 2 is 1.74 bits per heavy atom. The molecule has 2 aromatic rings. The normalized spacial score (nSPS) is 14.5. The lowest BCUT2D eigenvalue weighted by molar-refractivity contribution is 0.122. The van der Waals surface area contributed by atoms with Gasteiger partial charge in [-0.25, -0.2) is 0 Å². The summed E-state index contributed by atoms with van der Waals surface area (Å²) in [5.41, 5.74) is 0.978. The van der Waals surface area contributed by atoms with Crippen LogP contribution in [-0.2, 0) is 4.74 Å². The van der Waals surface area contributed by atoms with E-state index in [1.165, 1.54) is 0 Å². The molecule has 0 saturated carbocycles. The number of halogens is 2. The van der Waals surface area contributed by atoms with E-state index in [0.29, 0.717) is 40.0 Å². The number of hydrogen-bond acceptors (Lipinski definition) is 5. The second kappa shape index (κ2) is 9.28. The summed E-state index contributed by atoms with van der Waals surface area (Å²) in [4.78, 5) is 3.22. The lowest BCUT2D eigenvalue weighted by Gasteiger charge is -2.29. The molecule has 0 bridgehead atoms. The van der Waals surface area contributed by atoms with Crippen LogP contribution in [0.15, 0.2) is 35.2 Å². The summed E-state index contributed by atoms with van der Waals surface area (Å²) in [6, 6.07) is 9.48. The van der Waals surface area contributed by atoms with Crippen LogP contribution < -0.4 is 14.4 Å². The van der Waals surface area contributed by atoms with Crippen LogP contribution in [0.5, 0.6) is 17.2 Å². The van der Waals surface area contributed by atoms with Crippen LogP contribution in [0.4, 0.5) is 5.69 Å². The summed E-state index contributed by atoms with van der Waals surface area (Å²) in [5, 5.41) is 1.39. The molecule has 1 heterocycles. The van der Waals surface area contributed by atoms with E-state index in [0.717, 1.165) is 29.4 Å². The molecule has 1 saturated heterocycles. The smallest absolute Gasteiger partial charge is 0.164 e. The lowest BCUT2D eigenvalue weighted by Crippen LogP contribution is -2.36. The molecule has 0 unspecified atom stereocenters. The number of anilines is 1. The molecule has 146 valence electrons. The van der Waals surface area contributed by atoms with E-state index in [1.807, 2.05) is 30.3 Å². The first-order valence-electron chi connectivity index (χ1n) is 8.82. The van der Waals surface area contributed by atoms with Gasteiger partial charge in [0.25, 0.3) is 0 Å². The van der Waals surface area contributed by atoms with Crippen molar-refractivity contribution in [3.63, 3.8) is 0 Å². The first-order valence-corrected chi connectivity index (χ1v) is 10.5. The number of hydrogen-bond donors (Lipinski definition) is 0. The van der Waals surface area contributed by atoms with Gasteiger partial charge >= 0.3 is 0 Å². The largest absolute Gasteiger partial charge is 0.496 e. The number of rotatable bonds is 6. The zero-order chi connectivity index (χ0) is 19.4. The van der Waals surface area contributed by atoms with Crippen LogP contribution in [0.2, 0.25) is 10.0 Å². The van der Waals surface area contributed by atoms with Crippen LogP contribution in [0.1, 0.15) is 13.8 Å². The van der Waals surface area contributed by atoms with E-state index in [2.05, 4.69) is 18.7 Å². The molecule has 7 heteroatoms. The minimum absolute atomic E-state index is 0.425. The predicted octanol–water partition coefficient (Wildman–Crippen LogP) is 6.13. The lowest BCUT2D eigenvalue weighted by atomic mass is 10.2. The molecular formula is C20H23Cl2NO3S. The van der Waals surface area contributed by atoms with Crippen molar-refractivity contribution in [3.05, 3.63) is 40.4 Å². The van der Waals surface area contributed by atoms with E-state index < -0.39 is 0 Å². The third-order valence-corrected chi connectivity index (χ3v) is 5.68. The summed E-state index contributed by atoms with van der Waals surface area (Å²) in [6.45, 7) is 7.32. The quantitative estimate of drug-likeness (QED) is 0.517. The van der Waals surface area contributed by atoms with Crippen molar-refractivity contribution in [1.82, 2.24) is 0 Å². The van der Waals surface area contributed by atoms with Gasteiger partial charge in [0.2, 0.25) is 0 Å². The zero-order valence-corrected chi connectivity index (χ0v) is 18.0. The highest BCUT2D eigenvalue weighted by atomic mass is 35.5. The van der Waals surface area contributed by atoms with E-state index >= 15 is 0 Å². The third kappa shape index (κ3) is 5.17. The van der Waals surface area contributed by atoms with Crippen molar-refractivity contribution in [2.45, 2.75) is 24.0 Å². The molecule has 0 radical (unpaired) electrons. The monoisotopic (exact) mass is 427 g/mol. The molecule has 0 amide bonds. The summed E-state index contributed by atoms with van der Waals surface area (Å²) in [7, 11) is 1.67. The fraction of sp³-hybridized carbons (Fsp3) is 0.400. The minimum atomic E-state index is 0.425. The molecule has 2 aromatic carbocycles. The average molecular weight is 428 g/mol. The second-order valence-electron chi connectivity index (χ2n) is 6.42. The Morgan fingerprint density at radius 3 is 2.33 bits per heavy atom. The molecule has 4 nitrogen and oxygen atoms in total. The third-order valence-electron chi connectivity index (χ3n) is 4.08. The highest BCUT2D eigenvalue weighted by Crippen LogP contribution is 2.42. The number of thioether (sulfide) groups is 1. The van der Waals surface area contributed by atoms with Crippen molar-refractivity contribution >= 4 is 40.7 Å². The topological polar surface area (TPSA) is 30.9 Å². The summed E-state index contributed by atoms with van der Waals surface area (Å²) >= 11 is 14.7. The Bertz CT molecular complexity index is 772. The minimum Gasteiger partial charge on any atom is -0.496 e. The number of ether oxygens (including phenoxy) is 3. The second-order valence-corrected chi connectivity index (χ2v) is 8.85. The van der Waals surface area contributed by atoms with Crippen molar-refractivity contribution in [2.24, 2.45) is 0 Å². The summed E-state index contributed by atoms with van der Waals surface area (Å²) in [5.74, 6) is 1.95. The standard InChI is InChI=1S/C20H23Cl2NO3S/c1-13(2)27-19-12-15(4-5-18(19)24-3)26-20-16(21)10-14(11-17(20)22)23-6-8-25-9-7-23/h4-5,10-13H,6-9H2,1-3H3. The van der Waals surface area contributed by atoms with E-state index in [9.17, 15) is 0 Å². The van der Waals surface area contributed by atoms with Crippen molar-refractivity contribution in [3.8, 4) is 17.2 Å². The summed E-state index contributed by atoms with van der Waals surface area (Å²) < 4.78 is 16.9. The van der Waals surface area contributed by atoms with Crippen LogP contribution in [-0.4, -0.2) is 38.7 Å². The van der Waals surface area contributed by atoms with Crippen LogP contribution >= 0.6 is 35.0 Å². The maximum absolute atomic E-state index is 6.49. The van der Waals surface area contributed by atoms with Gasteiger partial charge < -0.3 is 19.1 Å². The Labute approximate surface area is 174 Å². The fourth-order valence-corrected chi connectivity index (χ4v) is 4.34. The molecule has 3 rings (SSSR count). The SMILES string of the molecule is COc1ccc(Oc2c(Cl)cc(N3CCOCC3)cc2Cl)cc1SC(C)C. The van der Waals surface area contributed by atoms with E-state index in [4.69, 9.17) is 37.4 Å². The molecule has 0 N–H and O–H groups in total. The molecule has 0 atom stereocenters. The van der Waals surface area contributed by atoms with Gasteiger partial charge in [-0.3, -0.25) is 0 Å². The Hall–Kier alpha value is -1.27. The highest BCUT2D eigenvalue weighted by Gasteiger charge is 2.17. The average Bonchev–Trinajstić information content (AvgIpc) is 2.65. The fourth-order valence-electron chi connectivity index (χ4n) is 2.83. The Balaban J connectivity index is 1.84. The van der Waals surface area contributed by atoms with Gasteiger partial charge in [-0.1, -0.05) is 37.0 Å². The summed E-state index contributed by atoms with van der Waals surface area (Å²) in [6.07, 6.45) is 0. The molecule has 0 aliphatic carbocycles. The van der Waals surface area contributed by atoms with Crippen LogP contribution in [0, 0.1) is 0 Å². The van der Waals surface area contributed by atoms with Crippen LogP contribution in [0.25, 0.3) is 0 Å². The number of nitrogens with zero attached hydrogens (tertiary/aromatic N) is 1. The molecule has 1 aliphatic heterocycles. The Morgan fingerprint density at radius 1 is 1.07 bits per heavy atom. The number of methoxy groups -OCH3 is 1. The van der Waals surface area contributed by atoms with Gasteiger partial charge in [0, 0.05) is 24.0 Å². The Kier molecular flexibility index (Phi) is 7.04. The maximum Gasteiger partial charge on any atom is 0.164 e. The van der Waals surface area contributed by atoms with Crippen molar-refractivity contribution in [1.29, 1.82) is 0 Å². The molecule has 0 spiro atoms.